The van der Waals surface area contributed by atoms with Crippen LogP contribution in [0.2, 0.25) is 5.02 Å². The van der Waals surface area contributed by atoms with Gasteiger partial charge in [-0.25, -0.2) is 0 Å². The molecule has 0 fully saturated rings. The number of carbonyl (C=O) groups is 2. The second-order valence-electron chi connectivity index (χ2n) is 5.24. The fraction of sp³-hybridized carbons (Fsp3) is 0.176. The average molecular weight is 377 g/mol. The van der Waals surface area contributed by atoms with Crippen LogP contribution < -0.4 is 16.0 Å². The van der Waals surface area contributed by atoms with E-state index in [4.69, 9.17) is 11.6 Å². The first kappa shape index (κ1) is 19.2. The highest BCUT2D eigenvalue weighted by Crippen LogP contribution is 2.22. The van der Waals surface area contributed by atoms with Crippen LogP contribution in [0.15, 0.2) is 48.5 Å². The van der Waals surface area contributed by atoms with E-state index in [1.54, 1.807) is 42.5 Å². The van der Waals surface area contributed by atoms with Gasteiger partial charge >= 0.3 is 0 Å². The van der Waals surface area contributed by atoms with Crippen LogP contribution in [0.5, 0.6) is 0 Å². The first-order valence-corrected chi connectivity index (χ1v) is 8.13. The second-order valence-corrected chi connectivity index (χ2v) is 5.68. The molecular weight excluding hydrogens is 360 g/mol. The molecule has 2 rings (SSSR count). The number of nitrogens with zero attached hydrogens (tertiary/aromatic N) is 1. The molecule has 0 atom stereocenters. The molecule has 0 saturated carbocycles. The topological polar surface area (TPSA) is 113 Å². The molecule has 0 unspecified atom stereocenters. The number of para-hydroxylation sites is 2. The summed E-state index contributed by atoms with van der Waals surface area (Å²) in [6.45, 7) is 0.385. The van der Waals surface area contributed by atoms with Crippen molar-refractivity contribution in [2.24, 2.45) is 0 Å². The zero-order valence-corrected chi connectivity index (χ0v) is 14.5. The molecule has 2 amide bonds. The van der Waals surface area contributed by atoms with Gasteiger partial charge in [-0.15, -0.1) is 0 Å². The lowest BCUT2D eigenvalue weighted by Gasteiger charge is -2.09. The summed E-state index contributed by atoms with van der Waals surface area (Å²) in [4.78, 5) is 34.0. The van der Waals surface area contributed by atoms with Crippen molar-refractivity contribution in [3.05, 3.63) is 69.2 Å². The standard InChI is InChI=1S/C17H17ClN4O4/c18-13-7-5-12(6-8-13)17(24)21-11-16(23)20-10-9-19-14-3-1-2-4-15(14)22(25)26/h1-8,19H,9-11H2,(H,20,23)(H,21,24). The molecule has 0 aliphatic carbocycles. The van der Waals surface area contributed by atoms with Crippen LogP contribution in [0, 0.1) is 10.1 Å². The lowest BCUT2D eigenvalue weighted by atomic mass is 10.2. The van der Waals surface area contributed by atoms with Crippen molar-refractivity contribution in [1.29, 1.82) is 0 Å². The van der Waals surface area contributed by atoms with E-state index in [0.29, 0.717) is 22.8 Å². The number of carbonyl (C=O) groups excluding carboxylic acids is 2. The van der Waals surface area contributed by atoms with Crippen LogP contribution >= 0.6 is 11.6 Å². The first-order valence-electron chi connectivity index (χ1n) is 7.75. The zero-order chi connectivity index (χ0) is 18.9. The number of anilines is 1. The minimum atomic E-state index is -0.479. The minimum Gasteiger partial charge on any atom is -0.378 e. The molecule has 2 aromatic carbocycles. The molecule has 0 bridgehead atoms. The number of nitrogens with one attached hydrogen (secondary N) is 3. The Hall–Kier alpha value is -3.13. The molecule has 0 radical (unpaired) electrons. The van der Waals surface area contributed by atoms with E-state index >= 15 is 0 Å². The average Bonchev–Trinajstić information content (AvgIpc) is 2.64. The maximum Gasteiger partial charge on any atom is 0.292 e. The highest BCUT2D eigenvalue weighted by molar-refractivity contribution is 6.30. The predicted octanol–water partition coefficient (Wildman–Crippen LogP) is 2.21. The van der Waals surface area contributed by atoms with Gasteiger partial charge in [0.15, 0.2) is 0 Å². The largest absolute Gasteiger partial charge is 0.378 e. The van der Waals surface area contributed by atoms with Gasteiger partial charge in [0.1, 0.15) is 5.69 Å². The van der Waals surface area contributed by atoms with Crippen LogP contribution in [-0.4, -0.2) is 36.4 Å². The Bertz CT molecular complexity index is 796. The third kappa shape index (κ3) is 5.75. The normalized spacial score (nSPS) is 10.0. The summed E-state index contributed by atoms with van der Waals surface area (Å²) in [5.41, 5.74) is 0.747. The maximum absolute atomic E-state index is 11.9. The zero-order valence-electron chi connectivity index (χ0n) is 13.7. The molecule has 0 aliphatic rings. The van der Waals surface area contributed by atoms with Gasteiger partial charge in [-0.3, -0.25) is 19.7 Å². The number of benzene rings is 2. The number of halogens is 1. The molecule has 8 nitrogen and oxygen atoms in total. The van der Waals surface area contributed by atoms with Gasteiger partial charge in [0.2, 0.25) is 5.91 Å². The van der Waals surface area contributed by atoms with Crippen LogP contribution in [0.25, 0.3) is 0 Å². The summed E-state index contributed by atoms with van der Waals surface area (Å²) in [5, 5.41) is 19.4. The molecule has 9 heteroatoms. The van der Waals surface area contributed by atoms with Gasteiger partial charge < -0.3 is 16.0 Å². The van der Waals surface area contributed by atoms with Gasteiger partial charge in [-0.2, -0.15) is 0 Å². The first-order chi connectivity index (χ1) is 12.5. The number of hydrogen-bond acceptors (Lipinski definition) is 5. The van der Waals surface area contributed by atoms with E-state index < -0.39 is 4.92 Å². The number of nitro groups is 1. The molecule has 0 aliphatic heterocycles. The Morgan fingerprint density at radius 3 is 2.38 bits per heavy atom. The molecule has 0 spiro atoms. The number of nitro benzene ring substituents is 1. The summed E-state index contributed by atoms with van der Waals surface area (Å²) in [7, 11) is 0. The lowest BCUT2D eigenvalue weighted by Crippen LogP contribution is -2.38. The molecule has 26 heavy (non-hydrogen) atoms. The quantitative estimate of drug-likeness (QED) is 0.371. The Morgan fingerprint density at radius 1 is 1.00 bits per heavy atom. The highest BCUT2D eigenvalue weighted by atomic mass is 35.5. The Morgan fingerprint density at radius 2 is 1.69 bits per heavy atom. The van der Waals surface area contributed by atoms with Crippen molar-refractivity contribution in [3.63, 3.8) is 0 Å². The van der Waals surface area contributed by atoms with E-state index in [-0.39, 0.29) is 30.6 Å². The number of rotatable bonds is 8. The maximum atomic E-state index is 11.9. The number of hydrogen-bond donors (Lipinski definition) is 3. The van der Waals surface area contributed by atoms with Gasteiger partial charge in [-0.05, 0) is 30.3 Å². The third-order valence-electron chi connectivity index (χ3n) is 3.38. The van der Waals surface area contributed by atoms with E-state index in [1.165, 1.54) is 6.07 Å². The van der Waals surface area contributed by atoms with Crippen molar-refractivity contribution in [1.82, 2.24) is 10.6 Å². The van der Waals surface area contributed by atoms with Crippen LogP contribution in [-0.2, 0) is 4.79 Å². The molecule has 3 N–H and O–H groups in total. The highest BCUT2D eigenvalue weighted by Gasteiger charge is 2.11. The van der Waals surface area contributed by atoms with Crippen LogP contribution in [0.4, 0.5) is 11.4 Å². The van der Waals surface area contributed by atoms with E-state index in [9.17, 15) is 19.7 Å². The second kappa shape index (κ2) is 9.38. The molecule has 0 saturated heterocycles. The fourth-order valence-electron chi connectivity index (χ4n) is 2.11. The van der Waals surface area contributed by atoms with Crippen LogP contribution in [0.3, 0.4) is 0 Å². The fourth-order valence-corrected chi connectivity index (χ4v) is 2.23. The van der Waals surface area contributed by atoms with Gasteiger partial charge in [-0.1, -0.05) is 23.7 Å². The molecule has 0 aromatic heterocycles. The van der Waals surface area contributed by atoms with E-state index in [0.717, 1.165) is 0 Å². The molecule has 136 valence electrons. The van der Waals surface area contributed by atoms with Gasteiger partial charge in [0.05, 0.1) is 11.5 Å². The van der Waals surface area contributed by atoms with Crippen molar-refractivity contribution in [2.75, 3.05) is 25.0 Å². The van der Waals surface area contributed by atoms with E-state index in [1.807, 2.05) is 0 Å². The predicted molar refractivity (Wildman–Crippen MR) is 98.4 cm³/mol. The Kier molecular flexibility index (Phi) is 6.92. The van der Waals surface area contributed by atoms with Crippen molar-refractivity contribution >= 4 is 34.8 Å². The Labute approximate surface area is 154 Å². The monoisotopic (exact) mass is 376 g/mol. The summed E-state index contributed by atoms with van der Waals surface area (Å²) in [6, 6.07) is 12.5. The molecule has 2 aromatic rings. The molecule has 0 heterocycles. The van der Waals surface area contributed by atoms with E-state index in [2.05, 4.69) is 16.0 Å². The Balaban J connectivity index is 1.70. The van der Waals surface area contributed by atoms with Crippen molar-refractivity contribution in [3.8, 4) is 0 Å². The molecular formula is C17H17ClN4O4. The number of amides is 2. The SMILES string of the molecule is O=C(CNC(=O)c1ccc(Cl)cc1)NCCNc1ccccc1[N+](=O)[O-]. The van der Waals surface area contributed by atoms with Crippen molar-refractivity contribution < 1.29 is 14.5 Å². The van der Waals surface area contributed by atoms with Crippen molar-refractivity contribution in [2.45, 2.75) is 0 Å². The summed E-state index contributed by atoms with van der Waals surface area (Å²) in [6.07, 6.45) is 0. The summed E-state index contributed by atoms with van der Waals surface area (Å²) in [5.74, 6) is -0.744. The lowest BCUT2D eigenvalue weighted by molar-refractivity contribution is -0.384. The summed E-state index contributed by atoms with van der Waals surface area (Å²) < 4.78 is 0. The summed E-state index contributed by atoms with van der Waals surface area (Å²) >= 11 is 5.75. The third-order valence-corrected chi connectivity index (χ3v) is 3.63. The minimum absolute atomic E-state index is 0.0333. The van der Waals surface area contributed by atoms with Crippen LogP contribution in [0.1, 0.15) is 10.4 Å². The smallest absolute Gasteiger partial charge is 0.292 e. The van der Waals surface area contributed by atoms with Gasteiger partial charge in [0, 0.05) is 29.7 Å². The van der Waals surface area contributed by atoms with Gasteiger partial charge in [0.25, 0.3) is 11.6 Å².